The molecule has 0 aliphatic carbocycles. The van der Waals surface area contributed by atoms with E-state index >= 15 is 0 Å². The predicted octanol–water partition coefficient (Wildman–Crippen LogP) is 4.77. The first kappa shape index (κ1) is 24.3. The highest BCUT2D eigenvalue weighted by Crippen LogP contribution is 2.34. The van der Waals surface area contributed by atoms with Crippen molar-refractivity contribution >= 4 is 5.91 Å². The molecule has 5 nitrogen and oxygen atoms in total. The van der Waals surface area contributed by atoms with Crippen LogP contribution in [0.5, 0.6) is 5.75 Å². The Balaban J connectivity index is 1.95. The molecule has 2 aromatic rings. The third kappa shape index (κ3) is 5.33. The lowest BCUT2D eigenvalue weighted by atomic mass is 9.92. The summed E-state index contributed by atoms with van der Waals surface area (Å²) < 4.78 is 0. The second-order valence-corrected chi connectivity index (χ2v) is 8.99. The van der Waals surface area contributed by atoms with Gasteiger partial charge in [-0.1, -0.05) is 31.2 Å². The maximum Gasteiger partial charge on any atom is 0.253 e. The number of phenols is 1. The number of amides is 1. The van der Waals surface area contributed by atoms with Crippen LogP contribution in [0.25, 0.3) is 0 Å². The minimum Gasteiger partial charge on any atom is -0.508 e. The molecule has 0 saturated carbocycles. The van der Waals surface area contributed by atoms with Gasteiger partial charge in [-0.25, -0.2) is 0 Å². The number of rotatable bonds is 8. The van der Waals surface area contributed by atoms with E-state index in [9.17, 15) is 9.90 Å². The molecule has 174 valence electrons. The third-order valence-corrected chi connectivity index (χ3v) is 6.72. The molecule has 0 spiro atoms. The van der Waals surface area contributed by atoms with Gasteiger partial charge in [0, 0.05) is 43.8 Å². The number of carbonyl (C=O) groups excluding carboxylic acids is 1. The maximum absolute atomic E-state index is 12.8. The van der Waals surface area contributed by atoms with E-state index < -0.39 is 0 Å². The van der Waals surface area contributed by atoms with Crippen molar-refractivity contribution in [3.8, 4) is 5.75 Å². The van der Waals surface area contributed by atoms with E-state index in [1.165, 1.54) is 0 Å². The first-order chi connectivity index (χ1) is 15.4. The van der Waals surface area contributed by atoms with Crippen LogP contribution in [-0.4, -0.2) is 70.5 Å². The smallest absolute Gasteiger partial charge is 0.253 e. The lowest BCUT2D eigenvalue weighted by Gasteiger charge is -2.47. The zero-order valence-corrected chi connectivity index (χ0v) is 20.3. The Morgan fingerprint density at radius 2 is 1.69 bits per heavy atom. The molecule has 3 atom stereocenters. The molecule has 1 N–H and O–H groups in total. The van der Waals surface area contributed by atoms with Crippen LogP contribution >= 0.6 is 0 Å². The lowest BCUT2D eigenvalue weighted by Crippen LogP contribution is -2.57. The number of hydrogen-bond acceptors (Lipinski definition) is 4. The molecule has 0 aromatic heterocycles. The summed E-state index contributed by atoms with van der Waals surface area (Å²) in [5, 5.41) is 10.2. The Morgan fingerprint density at radius 1 is 1.00 bits per heavy atom. The summed E-state index contributed by atoms with van der Waals surface area (Å²) in [6.07, 6.45) is 1.16. The lowest BCUT2D eigenvalue weighted by molar-refractivity contribution is 0.0241. The molecule has 1 fully saturated rings. The summed E-state index contributed by atoms with van der Waals surface area (Å²) >= 11 is 0. The second-order valence-electron chi connectivity index (χ2n) is 8.99. The monoisotopic (exact) mass is 437 g/mol. The number of aromatic hydroxyl groups is 1. The fourth-order valence-electron chi connectivity index (χ4n) is 4.96. The van der Waals surface area contributed by atoms with Gasteiger partial charge < -0.3 is 10.0 Å². The first-order valence-corrected chi connectivity index (χ1v) is 12.1. The molecule has 1 aliphatic rings. The van der Waals surface area contributed by atoms with Crippen LogP contribution in [0, 0.1) is 0 Å². The molecule has 1 heterocycles. The first-order valence-electron chi connectivity index (χ1n) is 12.1. The Labute approximate surface area is 193 Å². The molecule has 1 saturated heterocycles. The average molecular weight is 438 g/mol. The Morgan fingerprint density at radius 3 is 2.28 bits per heavy atom. The van der Waals surface area contributed by atoms with Crippen molar-refractivity contribution in [2.45, 2.75) is 59.2 Å². The highest BCUT2D eigenvalue weighted by atomic mass is 16.3. The van der Waals surface area contributed by atoms with Gasteiger partial charge in [0.05, 0.1) is 6.04 Å². The number of hydrogen-bond donors (Lipinski definition) is 1. The summed E-state index contributed by atoms with van der Waals surface area (Å²) in [6.45, 7) is 15.4. The number of phenolic OH excluding ortho intramolecular Hbond substituents is 1. The van der Waals surface area contributed by atoms with Crippen molar-refractivity contribution in [1.29, 1.82) is 0 Å². The van der Waals surface area contributed by atoms with E-state index in [2.05, 4.69) is 48.8 Å². The number of nitrogens with zero attached hydrogens (tertiary/aromatic N) is 3. The fourth-order valence-corrected chi connectivity index (χ4v) is 4.96. The van der Waals surface area contributed by atoms with Crippen molar-refractivity contribution in [3.05, 3.63) is 65.2 Å². The van der Waals surface area contributed by atoms with Crippen molar-refractivity contribution in [2.75, 3.05) is 32.7 Å². The summed E-state index contributed by atoms with van der Waals surface area (Å²) in [7, 11) is 0. The molecule has 1 amide bonds. The molecule has 1 aliphatic heterocycles. The number of piperazine rings is 1. The normalized spacial score (nSPS) is 20.8. The standard InChI is InChI=1S/C27H39N3O2/c1-6-16-29-18-21(5)30(19-20(29)4)26(24-10-9-11-25(31)17-24)22-12-14-23(15-13-22)27(32)28(7-2)8-3/h9-15,17,20-21,26,31H,6-8,16,18-19H2,1-5H3/t20-,21-,26?/m1/s1. The minimum absolute atomic E-state index is 0.0286. The van der Waals surface area contributed by atoms with E-state index in [0.29, 0.717) is 25.2 Å². The van der Waals surface area contributed by atoms with Gasteiger partial charge in [0.2, 0.25) is 0 Å². The average Bonchev–Trinajstić information content (AvgIpc) is 2.78. The van der Waals surface area contributed by atoms with E-state index in [1.54, 1.807) is 6.07 Å². The number of carbonyl (C=O) groups is 1. The van der Waals surface area contributed by atoms with Gasteiger partial charge >= 0.3 is 0 Å². The van der Waals surface area contributed by atoms with Crippen LogP contribution < -0.4 is 0 Å². The Kier molecular flexibility index (Phi) is 8.32. The largest absolute Gasteiger partial charge is 0.508 e. The van der Waals surface area contributed by atoms with Gasteiger partial charge in [-0.3, -0.25) is 14.6 Å². The predicted molar refractivity (Wildman–Crippen MR) is 131 cm³/mol. The molecule has 2 aromatic carbocycles. The quantitative estimate of drug-likeness (QED) is 0.646. The highest BCUT2D eigenvalue weighted by Gasteiger charge is 2.34. The Hall–Kier alpha value is -2.37. The molecular weight excluding hydrogens is 398 g/mol. The van der Waals surface area contributed by atoms with Crippen LogP contribution in [0.15, 0.2) is 48.5 Å². The summed E-state index contributed by atoms with van der Waals surface area (Å²) in [4.78, 5) is 19.7. The van der Waals surface area contributed by atoms with Gasteiger partial charge in [0.1, 0.15) is 5.75 Å². The van der Waals surface area contributed by atoms with Crippen LogP contribution in [-0.2, 0) is 0 Å². The van der Waals surface area contributed by atoms with Crippen molar-refractivity contribution in [1.82, 2.24) is 14.7 Å². The van der Waals surface area contributed by atoms with Crippen LogP contribution in [0.1, 0.15) is 68.6 Å². The molecule has 3 rings (SSSR count). The molecule has 0 radical (unpaired) electrons. The molecule has 5 heteroatoms. The van der Waals surface area contributed by atoms with E-state index in [1.807, 2.05) is 43.0 Å². The van der Waals surface area contributed by atoms with Crippen LogP contribution in [0.4, 0.5) is 0 Å². The second kappa shape index (κ2) is 11.0. The van der Waals surface area contributed by atoms with Gasteiger partial charge in [0.15, 0.2) is 0 Å². The summed E-state index contributed by atoms with van der Waals surface area (Å²) in [5.74, 6) is 0.358. The third-order valence-electron chi connectivity index (χ3n) is 6.72. The fraction of sp³-hybridized carbons (Fsp3) is 0.519. The van der Waals surface area contributed by atoms with Crippen LogP contribution in [0.2, 0.25) is 0 Å². The van der Waals surface area contributed by atoms with Crippen molar-refractivity contribution in [2.24, 2.45) is 0 Å². The zero-order valence-electron chi connectivity index (χ0n) is 20.3. The SMILES string of the molecule is CCCN1C[C@@H](C)N(C(c2ccc(C(=O)N(CC)CC)cc2)c2cccc(O)c2)C[C@H]1C. The van der Waals surface area contributed by atoms with Gasteiger partial charge in [-0.05, 0) is 76.1 Å². The van der Waals surface area contributed by atoms with E-state index in [0.717, 1.165) is 42.7 Å². The summed E-state index contributed by atoms with van der Waals surface area (Å²) in [6, 6.07) is 16.5. The van der Waals surface area contributed by atoms with Gasteiger partial charge in [0.25, 0.3) is 5.91 Å². The summed E-state index contributed by atoms with van der Waals surface area (Å²) in [5.41, 5.74) is 2.95. The van der Waals surface area contributed by atoms with Gasteiger partial charge in [-0.2, -0.15) is 0 Å². The highest BCUT2D eigenvalue weighted by molar-refractivity contribution is 5.94. The molecule has 1 unspecified atom stereocenters. The topological polar surface area (TPSA) is 47.0 Å². The van der Waals surface area contributed by atoms with Crippen LogP contribution in [0.3, 0.4) is 0 Å². The van der Waals surface area contributed by atoms with Crippen molar-refractivity contribution < 1.29 is 9.90 Å². The van der Waals surface area contributed by atoms with Gasteiger partial charge in [-0.15, -0.1) is 0 Å². The Bertz CT molecular complexity index is 879. The van der Waals surface area contributed by atoms with E-state index in [4.69, 9.17) is 0 Å². The molecule has 32 heavy (non-hydrogen) atoms. The zero-order chi connectivity index (χ0) is 23.3. The molecular formula is C27H39N3O2. The van der Waals surface area contributed by atoms with Crippen molar-refractivity contribution in [3.63, 3.8) is 0 Å². The minimum atomic E-state index is 0.0286. The molecule has 0 bridgehead atoms. The maximum atomic E-state index is 12.8. The van der Waals surface area contributed by atoms with E-state index in [-0.39, 0.29) is 17.7 Å². The number of benzene rings is 2.